The molecule has 8 heteroatoms. The number of nitrogens with zero attached hydrogens (tertiary/aromatic N) is 4. The van der Waals surface area contributed by atoms with E-state index in [2.05, 4.69) is 20.3 Å². The van der Waals surface area contributed by atoms with Gasteiger partial charge in [0.1, 0.15) is 28.8 Å². The van der Waals surface area contributed by atoms with E-state index in [1.165, 1.54) is 12.1 Å². The van der Waals surface area contributed by atoms with Crippen molar-refractivity contribution in [1.29, 1.82) is 0 Å². The second-order valence-corrected chi connectivity index (χ2v) is 5.69. The van der Waals surface area contributed by atoms with Gasteiger partial charge in [-0.1, -0.05) is 6.07 Å². The van der Waals surface area contributed by atoms with E-state index in [1.54, 1.807) is 48.1 Å². The molecule has 4 aromatic heterocycles. The highest BCUT2D eigenvalue weighted by molar-refractivity contribution is 6.02. The predicted molar refractivity (Wildman–Crippen MR) is 95.9 cm³/mol. The third-order valence-corrected chi connectivity index (χ3v) is 3.86. The highest BCUT2D eigenvalue weighted by atomic mass is 19.1. The number of oxazole rings is 1. The molecule has 0 saturated carbocycles. The van der Waals surface area contributed by atoms with E-state index in [0.717, 1.165) is 6.20 Å². The smallest absolute Gasteiger partial charge is 0.302 e. The Balaban J connectivity index is 1.59. The molecule has 4 rings (SSSR count). The van der Waals surface area contributed by atoms with Gasteiger partial charge in [0.15, 0.2) is 0 Å². The lowest BCUT2D eigenvalue weighted by Crippen LogP contribution is -2.16. The summed E-state index contributed by atoms with van der Waals surface area (Å²) in [7, 11) is 0. The quantitative estimate of drug-likeness (QED) is 0.598. The van der Waals surface area contributed by atoms with Gasteiger partial charge in [0.25, 0.3) is 5.91 Å². The van der Waals surface area contributed by atoms with Gasteiger partial charge in [0, 0.05) is 12.4 Å². The van der Waals surface area contributed by atoms with Crippen molar-refractivity contribution in [2.24, 2.45) is 0 Å². The summed E-state index contributed by atoms with van der Waals surface area (Å²) in [6.07, 6.45) is 4.49. The average Bonchev–Trinajstić information content (AvgIpc) is 3.30. The van der Waals surface area contributed by atoms with Crippen molar-refractivity contribution in [3.05, 3.63) is 78.3 Å². The van der Waals surface area contributed by atoms with E-state index >= 15 is 0 Å². The molecular formula is C19H14FN5O2. The molecule has 4 aromatic rings. The van der Waals surface area contributed by atoms with Crippen LogP contribution in [0.5, 0.6) is 0 Å². The SMILES string of the molecule is Cc1oc(NC(=O)c2cccn2-c2ccccn2)nc1-c1ccc(F)cn1. The summed E-state index contributed by atoms with van der Waals surface area (Å²) in [6.45, 7) is 1.69. The molecule has 0 aliphatic carbocycles. The second-order valence-electron chi connectivity index (χ2n) is 5.69. The fraction of sp³-hybridized carbons (Fsp3) is 0.0526. The van der Waals surface area contributed by atoms with Crippen molar-refractivity contribution in [2.75, 3.05) is 5.32 Å². The van der Waals surface area contributed by atoms with Crippen LogP contribution in [0.15, 0.2) is 65.5 Å². The summed E-state index contributed by atoms with van der Waals surface area (Å²) < 4.78 is 20.2. The van der Waals surface area contributed by atoms with Crippen LogP contribution in [0.4, 0.5) is 10.4 Å². The van der Waals surface area contributed by atoms with Crippen molar-refractivity contribution in [1.82, 2.24) is 19.5 Å². The number of hydrogen-bond donors (Lipinski definition) is 1. The van der Waals surface area contributed by atoms with Crippen LogP contribution in [-0.2, 0) is 0 Å². The number of anilines is 1. The van der Waals surface area contributed by atoms with Gasteiger partial charge >= 0.3 is 6.01 Å². The van der Waals surface area contributed by atoms with Gasteiger partial charge in [0.05, 0.1) is 11.9 Å². The lowest BCUT2D eigenvalue weighted by atomic mass is 10.2. The fourth-order valence-corrected chi connectivity index (χ4v) is 2.63. The van der Waals surface area contributed by atoms with Gasteiger partial charge in [-0.2, -0.15) is 4.98 Å². The highest BCUT2D eigenvalue weighted by Crippen LogP contribution is 2.24. The minimum absolute atomic E-state index is 0.0346. The van der Waals surface area contributed by atoms with Gasteiger partial charge in [0.2, 0.25) is 0 Å². The predicted octanol–water partition coefficient (Wildman–Crippen LogP) is 3.62. The van der Waals surface area contributed by atoms with Crippen molar-refractivity contribution in [2.45, 2.75) is 6.92 Å². The number of carbonyl (C=O) groups excluding carboxylic acids is 1. The number of hydrogen-bond acceptors (Lipinski definition) is 5. The van der Waals surface area contributed by atoms with Crippen molar-refractivity contribution < 1.29 is 13.6 Å². The molecule has 0 spiro atoms. The average molecular weight is 363 g/mol. The van der Waals surface area contributed by atoms with E-state index in [1.807, 2.05) is 6.07 Å². The van der Waals surface area contributed by atoms with Crippen LogP contribution in [0.2, 0.25) is 0 Å². The number of halogens is 1. The zero-order valence-electron chi connectivity index (χ0n) is 14.3. The summed E-state index contributed by atoms with van der Waals surface area (Å²) in [6, 6.07) is 11.7. The summed E-state index contributed by atoms with van der Waals surface area (Å²) in [5.41, 5.74) is 1.27. The molecule has 0 aromatic carbocycles. The topological polar surface area (TPSA) is 85.8 Å². The third-order valence-electron chi connectivity index (χ3n) is 3.86. The zero-order valence-corrected chi connectivity index (χ0v) is 14.3. The third kappa shape index (κ3) is 3.32. The molecule has 0 unspecified atom stereocenters. The number of pyridine rings is 2. The van der Waals surface area contributed by atoms with Crippen LogP contribution in [0.25, 0.3) is 17.2 Å². The minimum atomic E-state index is -0.441. The Bertz CT molecular complexity index is 1090. The normalized spacial score (nSPS) is 10.7. The molecule has 0 aliphatic heterocycles. The first-order valence-corrected chi connectivity index (χ1v) is 8.11. The van der Waals surface area contributed by atoms with Crippen molar-refractivity contribution in [3.8, 4) is 17.2 Å². The number of amides is 1. The van der Waals surface area contributed by atoms with Crippen LogP contribution < -0.4 is 5.32 Å². The largest absolute Gasteiger partial charge is 0.428 e. The van der Waals surface area contributed by atoms with Crippen LogP contribution in [0.1, 0.15) is 16.2 Å². The Labute approximate surface area is 153 Å². The van der Waals surface area contributed by atoms with Crippen LogP contribution in [-0.4, -0.2) is 25.4 Å². The number of carbonyl (C=O) groups is 1. The lowest BCUT2D eigenvalue weighted by Gasteiger charge is -2.07. The van der Waals surface area contributed by atoms with Gasteiger partial charge in [-0.3, -0.25) is 19.7 Å². The molecule has 0 atom stereocenters. The monoisotopic (exact) mass is 363 g/mol. The Morgan fingerprint density at radius 2 is 2.04 bits per heavy atom. The minimum Gasteiger partial charge on any atom is -0.428 e. The Morgan fingerprint density at radius 1 is 1.15 bits per heavy atom. The number of aromatic nitrogens is 4. The van der Waals surface area contributed by atoms with E-state index < -0.39 is 11.7 Å². The number of rotatable bonds is 4. The molecule has 7 nitrogen and oxygen atoms in total. The summed E-state index contributed by atoms with van der Waals surface area (Å²) in [4.78, 5) is 25.1. The van der Waals surface area contributed by atoms with Gasteiger partial charge < -0.3 is 4.42 Å². The van der Waals surface area contributed by atoms with E-state index in [9.17, 15) is 9.18 Å². The molecular weight excluding hydrogens is 349 g/mol. The zero-order chi connectivity index (χ0) is 18.8. The highest BCUT2D eigenvalue weighted by Gasteiger charge is 2.18. The molecule has 0 aliphatic rings. The summed E-state index contributed by atoms with van der Waals surface area (Å²) in [5, 5.41) is 2.63. The van der Waals surface area contributed by atoms with E-state index in [4.69, 9.17) is 4.42 Å². The first-order chi connectivity index (χ1) is 13.1. The molecule has 0 saturated heterocycles. The standard InChI is InChI=1S/C19H14FN5O2/c1-12-17(14-8-7-13(20)11-22-14)23-19(27-12)24-18(26)15-5-4-10-25(15)16-6-2-3-9-21-16/h2-11H,1H3,(H,23,24,26). The first-order valence-electron chi connectivity index (χ1n) is 8.11. The Hall–Kier alpha value is -3.81. The van der Waals surface area contributed by atoms with Crippen molar-refractivity contribution in [3.63, 3.8) is 0 Å². The van der Waals surface area contributed by atoms with Crippen LogP contribution >= 0.6 is 0 Å². The van der Waals surface area contributed by atoms with Gasteiger partial charge in [-0.05, 0) is 43.3 Å². The molecule has 27 heavy (non-hydrogen) atoms. The molecule has 0 bridgehead atoms. The molecule has 4 heterocycles. The maximum absolute atomic E-state index is 13.0. The van der Waals surface area contributed by atoms with Crippen LogP contribution in [0, 0.1) is 12.7 Å². The maximum atomic E-state index is 13.0. The van der Waals surface area contributed by atoms with E-state index in [0.29, 0.717) is 28.7 Å². The van der Waals surface area contributed by atoms with E-state index in [-0.39, 0.29) is 6.01 Å². The Morgan fingerprint density at radius 3 is 2.78 bits per heavy atom. The number of aryl methyl sites for hydroxylation is 1. The second kappa shape index (κ2) is 6.83. The summed E-state index contributed by atoms with van der Waals surface area (Å²) in [5.74, 6) is 0.242. The molecule has 134 valence electrons. The fourth-order valence-electron chi connectivity index (χ4n) is 2.63. The molecule has 1 amide bonds. The number of nitrogens with one attached hydrogen (secondary N) is 1. The molecule has 0 fully saturated rings. The molecule has 0 radical (unpaired) electrons. The van der Waals surface area contributed by atoms with Gasteiger partial charge in [-0.25, -0.2) is 9.37 Å². The van der Waals surface area contributed by atoms with Gasteiger partial charge in [-0.15, -0.1) is 0 Å². The van der Waals surface area contributed by atoms with Crippen LogP contribution in [0.3, 0.4) is 0 Å². The maximum Gasteiger partial charge on any atom is 0.302 e. The van der Waals surface area contributed by atoms with Crippen molar-refractivity contribution >= 4 is 11.9 Å². The Kier molecular flexibility index (Phi) is 4.21. The first kappa shape index (κ1) is 16.6. The molecule has 1 N–H and O–H groups in total. The summed E-state index contributed by atoms with van der Waals surface area (Å²) >= 11 is 0. The lowest BCUT2D eigenvalue weighted by molar-refractivity contribution is 0.101.